The van der Waals surface area contributed by atoms with Crippen molar-refractivity contribution >= 4 is 22.0 Å². The van der Waals surface area contributed by atoms with E-state index in [-0.39, 0.29) is 25.9 Å². The molecule has 0 aromatic carbocycles. The predicted octanol–water partition coefficient (Wildman–Crippen LogP) is 4.22. The molecule has 19 heteroatoms. The molecule has 0 saturated carbocycles. The number of alkyl halides is 10. The Labute approximate surface area is 203 Å². The molecule has 1 aliphatic heterocycles. The van der Waals surface area contributed by atoms with E-state index in [0.29, 0.717) is 11.3 Å². The maximum absolute atomic E-state index is 14.0. The lowest BCUT2D eigenvalue weighted by molar-refractivity contribution is -0.351. The van der Waals surface area contributed by atoms with Crippen molar-refractivity contribution in [3.63, 3.8) is 0 Å². The van der Waals surface area contributed by atoms with E-state index in [1.807, 2.05) is 0 Å². The van der Waals surface area contributed by atoms with E-state index in [1.165, 1.54) is 0 Å². The minimum atomic E-state index is -6.57. The Kier molecular flexibility index (Phi) is 10.0. The second-order valence-electron chi connectivity index (χ2n) is 7.83. The number of ether oxygens (including phenoxy) is 2. The molecule has 216 valence electrons. The van der Waals surface area contributed by atoms with Gasteiger partial charge in [-0.1, -0.05) is 6.58 Å². The van der Waals surface area contributed by atoms with Crippen LogP contribution in [0.25, 0.3) is 0 Å². The molecule has 1 unspecified atom stereocenters. The quantitative estimate of drug-likeness (QED) is 0.0966. The summed E-state index contributed by atoms with van der Waals surface area (Å²) in [5.41, 5.74) is -2.43. The third-order valence-corrected chi connectivity index (χ3v) is 6.01. The second-order valence-corrected chi connectivity index (χ2v) is 9.30. The van der Waals surface area contributed by atoms with Crippen LogP contribution in [0.2, 0.25) is 0 Å². The van der Waals surface area contributed by atoms with E-state index in [0.717, 1.165) is 0 Å². The lowest BCUT2D eigenvalue weighted by atomic mass is 10.1. The van der Waals surface area contributed by atoms with E-state index in [2.05, 4.69) is 16.1 Å². The van der Waals surface area contributed by atoms with Crippen molar-refractivity contribution < 1.29 is 75.9 Å². The summed E-state index contributed by atoms with van der Waals surface area (Å²) < 4.78 is 171. The predicted molar refractivity (Wildman–Crippen MR) is 102 cm³/mol. The van der Waals surface area contributed by atoms with E-state index >= 15 is 0 Å². The fourth-order valence-corrected chi connectivity index (χ4v) is 3.49. The van der Waals surface area contributed by atoms with E-state index in [1.54, 1.807) is 0 Å². The minimum Gasteiger partial charge on any atom is -0.412 e. The summed E-state index contributed by atoms with van der Waals surface area (Å²) in [6.07, 6.45) is -15.0. The first-order valence-electron chi connectivity index (χ1n) is 10.2. The molecule has 1 fully saturated rings. The molecule has 1 rings (SSSR count). The standard InChI is InChI=1S/C18H21F10NO7S/c1-11(16(21,22)23)12(30)36-15(17(24,25)26,13(31)29-8-4-2-5-9-29)35-10-6-3-7-14(19,20)18(27,28)37(32,33)34/h1-10H2,(H,32,33,34). The zero-order chi connectivity index (χ0) is 29.1. The molecular weight excluding hydrogens is 564 g/mol. The third-order valence-electron chi connectivity index (χ3n) is 5.06. The van der Waals surface area contributed by atoms with Crippen LogP contribution in [0.15, 0.2) is 12.2 Å². The number of rotatable bonds is 11. The molecule has 0 radical (unpaired) electrons. The minimum absolute atomic E-state index is 0.180. The normalized spacial score (nSPS) is 17.8. The van der Waals surface area contributed by atoms with Gasteiger partial charge in [0.1, 0.15) is 5.57 Å². The molecule has 1 saturated heterocycles. The van der Waals surface area contributed by atoms with Crippen molar-refractivity contribution in [3.8, 4) is 0 Å². The lowest BCUT2D eigenvalue weighted by Crippen LogP contribution is -2.63. The van der Waals surface area contributed by atoms with E-state index < -0.39 is 82.8 Å². The van der Waals surface area contributed by atoms with Crippen LogP contribution in [0.4, 0.5) is 43.9 Å². The molecule has 0 spiro atoms. The molecule has 1 atom stereocenters. The van der Waals surface area contributed by atoms with Gasteiger partial charge in [-0.3, -0.25) is 9.35 Å². The van der Waals surface area contributed by atoms with Gasteiger partial charge in [0.15, 0.2) is 0 Å². The average molecular weight is 585 g/mol. The van der Waals surface area contributed by atoms with Gasteiger partial charge in [-0.2, -0.15) is 52.3 Å². The Balaban J connectivity index is 3.17. The smallest absolute Gasteiger partial charge is 0.412 e. The lowest BCUT2D eigenvalue weighted by Gasteiger charge is -2.38. The number of esters is 1. The number of halogens is 10. The molecule has 1 heterocycles. The Bertz CT molecular complexity index is 959. The first-order valence-corrected chi connectivity index (χ1v) is 11.7. The zero-order valence-electron chi connectivity index (χ0n) is 18.6. The van der Waals surface area contributed by atoms with Gasteiger partial charge in [0.2, 0.25) is 0 Å². The van der Waals surface area contributed by atoms with Crippen LogP contribution in [0.3, 0.4) is 0 Å². The van der Waals surface area contributed by atoms with Crippen LogP contribution in [-0.2, 0) is 29.2 Å². The third kappa shape index (κ3) is 7.46. The van der Waals surface area contributed by atoms with Gasteiger partial charge in [0.25, 0.3) is 0 Å². The Morgan fingerprint density at radius 1 is 0.892 bits per heavy atom. The number of carbonyl (C=O) groups is 2. The number of nitrogens with zero attached hydrogens (tertiary/aromatic N) is 1. The van der Waals surface area contributed by atoms with Crippen LogP contribution in [0, 0.1) is 0 Å². The molecule has 0 bridgehead atoms. The van der Waals surface area contributed by atoms with Crippen molar-refractivity contribution in [2.75, 3.05) is 19.7 Å². The number of likely N-dealkylation sites (tertiary alicyclic amines) is 1. The first kappa shape index (κ1) is 32.9. The van der Waals surface area contributed by atoms with E-state index in [4.69, 9.17) is 4.55 Å². The zero-order valence-corrected chi connectivity index (χ0v) is 19.4. The summed E-state index contributed by atoms with van der Waals surface area (Å²) >= 11 is 0. The molecule has 0 aliphatic carbocycles. The summed E-state index contributed by atoms with van der Waals surface area (Å²) in [4.78, 5) is 25.0. The van der Waals surface area contributed by atoms with Gasteiger partial charge in [-0.05, 0) is 32.1 Å². The maximum Gasteiger partial charge on any atom is 0.466 e. The number of carbonyl (C=O) groups excluding carboxylic acids is 2. The molecule has 37 heavy (non-hydrogen) atoms. The van der Waals surface area contributed by atoms with Crippen molar-refractivity contribution in [1.29, 1.82) is 0 Å². The topological polar surface area (TPSA) is 110 Å². The van der Waals surface area contributed by atoms with Crippen molar-refractivity contribution in [1.82, 2.24) is 4.90 Å². The highest BCUT2D eigenvalue weighted by molar-refractivity contribution is 7.87. The number of amides is 1. The van der Waals surface area contributed by atoms with Gasteiger partial charge in [-0.25, -0.2) is 4.79 Å². The molecule has 0 aromatic rings. The highest BCUT2D eigenvalue weighted by atomic mass is 32.2. The van der Waals surface area contributed by atoms with Gasteiger partial charge in [0, 0.05) is 19.5 Å². The van der Waals surface area contributed by atoms with Gasteiger partial charge >= 0.3 is 51.3 Å². The van der Waals surface area contributed by atoms with Crippen LogP contribution in [0.5, 0.6) is 0 Å². The fourth-order valence-electron chi connectivity index (χ4n) is 3.01. The van der Waals surface area contributed by atoms with Crippen molar-refractivity contribution in [2.24, 2.45) is 0 Å². The summed E-state index contributed by atoms with van der Waals surface area (Å²) in [6.45, 7) is 0.177. The fraction of sp³-hybridized carbons (Fsp3) is 0.778. The largest absolute Gasteiger partial charge is 0.466 e. The summed E-state index contributed by atoms with van der Waals surface area (Å²) in [5, 5.41) is -5.95. The summed E-state index contributed by atoms with van der Waals surface area (Å²) in [6, 6.07) is 0. The number of unbranched alkanes of at least 4 members (excludes halogenated alkanes) is 1. The molecule has 8 nitrogen and oxygen atoms in total. The van der Waals surface area contributed by atoms with Crippen LogP contribution < -0.4 is 0 Å². The Morgan fingerprint density at radius 3 is 1.84 bits per heavy atom. The van der Waals surface area contributed by atoms with Crippen molar-refractivity contribution in [2.45, 2.75) is 67.8 Å². The second kappa shape index (κ2) is 11.3. The molecule has 0 aromatic heterocycles. The van der Waals surface area contributed by atoms with Crippen molar-refractivity contribution in [3.05, 3.63) is 12.2 Å². The number of hydrogen-bond acceptors (Lipinski definition) is 6. The molecule has 1 N–H and O–H groups in total. The Hall–Kier alpha value is -2.15. The molecular formula is C18H21F10NO7S. The van der Waals surface area contributed by atoms with Gasteiger partial charge in [-0.15, -0.1) is 0 Å². The number of hydrogen-bond donors (Lipinski definition) is 1. The molecule has 1 amide bonds. The number of piperidine rings is 1. The summed E-state index contributed by atoms with van der Waals surface area (Å²) in [5.74, 6) is -14.9. The SMILES string of the molecule is C=C(C(=O)OC(OCCCCC(F)(F)C(F)(F)S(=O)(=O)O)(C(=O)N1CCCCC1)C(F)(F)F)C(F)(F)F. The molecule has 1 aliphatic rings. The van der Waals surface area contributed by atoms with Gasteiger partial charge in [0.05, 0.1) is 6.61 Å². The monoisotopic (exact) mass is 585 g/mol. The van der Waals surface area contributed by atoms with Gasteiger partial charge < -0.3 is 14.4 Å². The Morgan fingerprint density at radius 2 is 1.41 bits per heavy atom. The van der Waals surface area contributed by atoms with E-state index in [9.17, 15) is 61.9 Å². The highest BCUT2D eigenvalue weighted by Crippen LogP contribution is 2.42. The van der Waals surface area contributed by atoms with Crippen LogP contribution in [-0.4, -0.2) is 78.8 Å². The highest BCUT2D eigenvalue weighted by Gasteiger charge is 2.68. The maximum atomic E-state index is 14.0. The van der Waals surface area contributed by atoms with Crippen LogP contribution in [0.1, 0.15) is 38.5 Å². The first-order chi connectivity index (χ1) is 16.5. The average Bonchev–Trinajstić information content (AvgIpc) is 2.75. The summed E-state index contributed by atoms with van der Waals surface area (Å²) in [7, 11) is -6.57. The van der Waals surface area contributed by atoms with Crippen LogP contribution >= 0.6 is 0 Å².